The second-order valence-electron chi connectivity index (χ2n) is 3.28. The number of rotatable bonds is 3. The summed E-state index contributed by atoms with van der Waals surface area (Å²) in [6.07, 6.45) is 1.26. The third-order valence-corrected chi connectivity index (χ3v) is 3.32. The monoisotopic (exact) mass is 189 g/mol. The zero-order chi connectivity index (χ0) is 8.27. The molecule has 0 saturated carbocycles. The lowest BCUT2D eigenvalue weighted by Gasteiger charge is -2.17. The first-order chi connectivity index (χ1) is 5.20. The Morgan fingerprint density at radius 3 is 2.82 bits per heavy atom. The lowest BCUT2D eigenvalue weighted by atomic mass is 10.1. The number of nitrogens with zero attached hydrogens (tertiary/aromatic N) is 1. The normalized spacial score (nSPS) is 18.5. The summed E-state index contributed by atoms with van der Waals surface area (Å²) in [6.45, 7) is 6.83. The molecule has 1 aliphatic heterocycles. The fraction of sp³-hybridized carbons (Fsp3) is 0.875. The standard InChI is InChI=1S/C8H15NS2/c1-7(2)3-4-9-5-6-11-8(9)10/h7H,3-6H2,1-2H3. The molecule has 11 heavy (non-hydrogen) atoms. The lowest BCUT2D eigenvalue weighted by molar-refractivity contribution is 0.415. The van der Waals surface area contributed by atoms with Crippen molar-refractivity contribution < 1.29 is 0 Å². The van der Waals surface area contributed by atoms with Crippen molar-refractivity contribution in [2.45, 2.75) is 20.3 Å². The van der Waals surface area contributed by atoms with Crippen LogP contribution in [0.3, 0.4) is 0 Å². The molecule has 0 spiro atoms. The van der Waals surface area contributed by atoms with Crippen LogP contribution in [0, 0.1) is 5.92 Å². The van der Waals surface area contributed by atoms with E-state index in [2.05, 4.69) is 18.7 Å². The van der Waals surface area contributed by atoms with Gasteiger partial charge in [-0.2, -0.15) is 0 Å². The molecular weight excluding hydrogens is 174 g/mol. The molecule has 0 aromatic carbocycles. The maximum Gasteiger partial charge on any atom is 0.136 e. The topological polar surface area (TPSA) is 3.24 Å². The van der Waals surface area contributed by atoms with Crippen molar-refractivity contribution in [3.63, 3.8) is 0 Å². The summed E-state index contributed by atoms with van der Waals surface area (Å²) in [4.78, 5) is 2.32. The Balaban J connectivity index is 2.20. The van der Waals surface area contributed by atoms with E-state index in [0.29, 0.717) is 0 Å². The largest absolute Gasteiger partial charge is 0.357 e. The summed E-state index contributed by atoms with van der Waals surface area (Å²) in [7, 11) is 0. The predicted molar refractivity (Wildman–Crippen MR) is 56.1 cm³/mol. The fourth-order valence-corrected chi connectivity index (χ4v) is 2.33. The molecule has 64 valence electrons. The quantitative estimate of drug-likeness (QED) is 0.628. The first kappa shape index (κ1) is 9.33. The van der Waals surface area contributed by atoms with Crippen LogP contribution in [0.15, 0.2) is 0 Å². The van der Waals surface area contributed by atoms with E-state index in [9.17, 15) is 0 Å². The SMILES string of the molecule is CC(C)CCN1CCSC1=S. The Kier molecular flexibility index (Phi) is 3.66. The van der Waals surface area contributed by atoms with E-state index >= 15 is 0 Å². The molecule has 1 nitrogen and oxygen atoms in total. The molecule has 0 atom stereocenters. The highest BCUT2D eigenvalue weighted by molar-refractivity contribution is 8.23. The Bertz CT molecular complexity index is 145. The molecule has 1 fully saturated rings. The highest BCUT2D eigenvalue weighted by atomic mass is 32.2. The van der Waals surface area contributed by atoms with Gasteiger partial charge in [-0.25, -0.2) is 0 Å². The van der Waals surface area contributed by atoms with Gasteiger partial charge in [-0.3, -0.25) is 0 Å². The Morgan fingerprint density at radius 1 is 1.64 bits per heavy atom. The van der Waals surface area contributed by atoms with Crippen LogP contribution in [-0.2, 0) is 0 Å². The van der Waals surface area contributed by atoms with Gasteiger partial charge in [0.15, 0.2) is 0 Å². The molecule has 1 heterocycles. The van der Waals surface area contributed by atoms with Crippen LogP contribution in [0.1, 0.15) is 20.3 Å². The molecule has 1 rings (SSSR count). The number of hydrogen-bond donors (Lipinski definition) is 0. The molecule has 0 N–H and O–H groups in total. The van der Waals surface area contributed by atoms with E-state index in [-0.39, 0.29) is 0 Å². The highest BCUT2D eigenvalue weighted by Crippen LogP contribution is 2.18. The van der Waals surface area contributed by atoms with E-state index in [1.54, 1.807) is 0 Å². The van der Waals surface area contributed by atoms with Crippen LogP contribution in [0.5, 0.6) is 0 Å². The summed E-state index contributed by atoms with van der Waals surface area (Å²) >= 11 is 7.00. The van der Waals surface area contributed by atoms with Crippen molar-refractivity contribution in [2.24, 2.45) is 5.92 Å². The Morgan fingerprint density at radius 2 is 2.36 bits per heavy atom. The molecule has 0 unspecified atom stereocenters. The van der Waals surface area contributed by atoms with Crippen LogP contribution in [0.2, 0.25) is 0 Å². The van der Waals surface area contributed by atoms with Crippen molar-refractivity contribution in [3.05, 3.63) is 0 Å². The van der Waals surface area contributed by atoms with Crippen LogP contribution in [-0.4, -0.2) is 28.1 Å². The van der Waals surface area contributed by atoms with Gasteiger partial charge in [-0.15, -0.1) is 0 Å². The van der Waals surface area contributed by atoms with Crippen LogP contribution >= 0.6 is 24.0 Å². The van der Waals surface area contributed by atoms with Crippen LogP contribution in [0.25, 0.3) is 0 Å². The number of thioether (sulfide) groups is 1. The maximum absolute atomic E-state index is 5.18. The second-order valence-corrected chi connectivity index (χ2v) is 5.01. The second kappa shape index (κ2) is 4.31. The first-order valence-corrected chi connectivity index (χ1v) is 5.51. The van der Waals surface area contributed by atoms with Gasteiger partial charge in [0, 0.05) is 18.8 Å². The molecule has 0 amide bonds. The molecular formula is C8H15NS2. The first-order valence-electron chi connectivity index (χ1n) is 4.12. The summed E-state index contributed by atoms with van der Waals surface area (Å²) in [6, 6.07) is 0. The molecule has 1 saturated heterocycles. The predicted octanol–water partition coefficient (Wildman–Crippen LogP) is 2.37. The van der Waals surface area contributed by atoms with Gasteiger partial charge in [0.25, 0.3) is 0 Å². The van der Waals surface area contributed by atoms with E-state index < -0.39 is 0 Å². The Labute approximate surface area is 78.5 Å². The smallest absolute Gasteiger partial charge is 0.136 e. The zero-order valence-electron chi connectivity index (χ0n) is 7.17. The maximum atomic E-state index is 5.18. The molecule has 0 aliphatic carbocycles. The van der Waals surface area contributed by atoms with Gasteiger partial charge < -0.3 is 4.90 Å². The number of thiocarbonyl (C=S) groups is 1. The molecule has 1 aliphatic rings. The van der Waals surface area contributed by atoms with E-state index in [0.717, 1.165) is 23.3 Å². The average Bonchev–Trinajstić information content (AvgIpc) is 2.31. The van der Waals surface area contributed by atoms with Gasteiger partial charge >= 0.3 is 0 Å². The van der Waals surface area contributed by atoms with Gasteiger partial charge in [0.2, 0.25) is 0 Å². The molecule has 0 bridgehead atoms. The molecule has 0 aromatic heterocycles. The third kappa shape index (κ3) is 2.99. The van der Waals surface area contributed by atoms with E-state index in [4.69, 9.17) is 12.2 Å². The van der Waals surface area contributed by atoms with Gasteiger partial charge in [-0.1, -0.05) is 37.8 Å². The van der Waals surface area contributed by atoms with Gasteiger partial charge in [-0.05, 0) is 12.3 Å². The summed E-state index contributed by atoms with van der Waals surface area (Å²) in [5.41, 5.74) is 0. The summed E-state index contributed by atoms with van der Waals surface area (Å²) in [5.74, 6) is 1.99. The molecule has 3 heteroatoms. The van der Waals surface area contributed by atoms with Crippen molar-refractivity contribution in [3.8, 4) is 0 Å². The van der Waals surface area contributed by atoms with Crippen molar-refractivity contribution in [1.82, 2.24) is 4.90 Å². The third-order valence-electron chi connectivity index (χ3n) is 1.82. The molecule has 0 radical (unpaired) electrons. The zero-order valence-corrected chi connectivity index (χ0v) is 8.80. The minimum atomic E-state index is 0.795. The summed E-state index contributed by atoms with van der Waals surface area (Å²) in [5, 5.41) is 0. The Hall–Kier alpha value is 0.240. The fourth-order valence-electron chi connectivity index (χ4n) is 1.04. The molecule has 0 aromatic rings. The minimum absolute atomic E-state index is 0.795. The van der Waals surface area contributed by atoms with Crippen LogP contribution in [0.4, 0.5) is 0 Å². The lowest BCUT2D eigenvalue weighted by Crippen LogP contribution is -2.24. The van der Waals surface area contributed by atoms with Crippen molar-refractivity contribution >= 4 is 28.3 Å². The number of hydrogen-bond acceptors (Lipinski definition) is 2. The minimum Gasteiger partial charge on any atom is -0.357 e. The van der Waals surface area contributed by atoms with Crippen LogP contribution < -0.4 is 0 Å². The van der Waals surface area contributed by atoms with E-state index in [1.165, 1.54) is 12.2 Å². The summed E-state index contributed by atoms with van der Waals surface area (Å²) < 4.78 is 1.10. The van der Waals surface area contributed by atoms with E-state index in [1.807, 2.05) is 11.8 Å². The van der Waals surface area contributed by atoms with Gasteiger partial charge in [0.05, 0.1) is 0 Å². The highest BCUT2D eigenvalue weighted by Gasteiger charge is 2.16. The average molecular weight is 189 g/mol. The van der Waals surface area contributed by atoms with Gasteiger partial charge in [0.1, 0.15) is 4.32 Å². The van der Waals surface area contributed by atoms with Crippen molar-refractivity contribution in [2.75, 3.05) is 18.8 Å². The van der Waals surface area contributed by atoms with Crippen molar-refractivity contribution in [1.29, 1.82) is 0 Å².